The Balaban J connectivity index is 2.60. The number of ether oxygens (including phenoxy) is 6. The predicted molar refractivity (Wildman–Crippen MR) is 99.8 cm³/mol. The summed E-state index contributed by atoms with van der Waals surface area (Å²) in [5.41, 5.74) is -2.12. The zero-order valence-corrected chi connectivity index (χ0v) is 17.7. The predicted octanol–water partition coefficient (Wildman–Crippen LogP) is 2.51. The van der Waals surface area contributed by atoms with Crippen LogP contribution in [0.15, 0.2) is 18.3 Å². The fourth-order valence-corrected chi connectivity index (χ4v) is 1.90. The van der Waals surface area contributed by atoms with Gasteiger partial charge in [-0.1, -0.05) is 0 Å². The Hall–Kier alpha value is -3.37. The van der Waals surface area contributed by atoms with Crippen LogP contribution in [0.5, 0.6) is 11.6 Å². The second kappa shape index (κ2) is 10.4. The molecule has 0 amide bonds. The third-order valence-corrected chi connectivity index (χ3v) is 3.67. The van der Waals surface area contributed by atoms with E-state index in [-0.39, 0.29) is 24.8 Å². The highest BCUT2D eigenvalue weighted by Gasteiger charge is 2.32. The Morgan fingerprint density at radius 1 is 0.833 bits per heavy atom. The normalized spacial score (nSPS) is 11.1. The van der Waals surface area contributed by atoms with Gasteiger partial charge in [-0.25, -0.2) is 14.6 Å². The summed E-state index contributed by atoms with van der Waals surface area (Å²) in [6.07, 6.45) is -0.965. The summed E-state index contributed by atoms with van der Waals surface area (Å²) >= 11 is 0. The number of carbonyl (C=O) groups is 4. The minimum Gasteiger partial charge on any atom is -0.469 e. The van der Waals surface area contributed by atoms with Crippen molar-refractivity contribution in [2.75, 3.05) is 27.4 Å². The molecule has 0 saturated carbocycles. The number of pyridine rings is 1. The number of hydrogen-bond acceptors (Lipinski definition) is 11. The molecular formula is C19H25NO10. The average molecular weight is 427 g/mol. The smallest absolute Gasteiger partial charge is 0.469 e. The van der Waals surface area contributed by atoms with Crippen molar-refractivity contribution < 1.29 is 47.6 Å². The topological polar surface area (TPSA) is 137 Å². The van der Waals surface area contributed by atoms with E-state index in [1.54, 1.807) is 0 Å². The van der Waals surface area contributed by atoms with Crippen molar-refractivity contribution in [1.29, 1.82) is 0 Å². The second-order valence-electron chi connectivity index (χ2n) is 7.36. The molecule has 0 spiro atoms. The van der Waals surface area contributed by atoms with Crippen LogP contribution in [0.25, 0.3) is 0 Å². The molecule has 0 radical (unpaired) electrons. The van der Waals surface area contributed by atoms with Gasteiger partial charge in [0.2, 0.25) is 5.88 Å². The molecule has 0 aromatic carbocycles. The minimum atomic E-state index is -1.11. The van der Waals surface area contributed by atoms with Gasteiger partial charge in [0.05, 0.1) is 25.0 Å². The number of aromatic nitrogens is 1. The van der Waals surface area contributed by atoms with Crippen molar-refractivity contribution in [3.63, 3.8) is 0 Å². The summed E-state index contributed by atoms with van der Waals surface area (Å²) in [4.78, 5) is 50.5. The van der Waals surface area contributed by atoms with Gasteiger partial charge >= 0.3 is 24.2 Å². The number of carbonyl (C=O) groups excluding carboxylic acids is 4. The van der Waals surface area contributed by atoms with E-state index in [0.29, 0.717) is 0 Å². The Morgan fingerprint density at radius 2 is 1.30 bits per heavy atom. The van der Waals surface area contributed by atoms with Crippen LogP contribution in [0, 0.1) is 10.8 Å². The highest BCUT2D eigenvalue weighted by Crippen LogP contribution is 2.21. The molecule has 11 nitrogen and oxygen atoms in total. The molecule has 1 heterocycles. The van der Waals surface area contributed by atoms with E-state index in [0.717, 1.165) is 6.07 Å². The third kappa shape index (κ3) is 7.57. The molecule has 0 N–H and O–H groups in total. The fraction of sp³-hybridized carbons (Fsp3) is 0.526. The highest BCUT2D eigenvalue weighted by atomic mass is 16.7. The Bertz CT molecular complexity index is 726. The Labute approximate surface area is 173 Å². The number of hydrogen-bond donors (Lipinski definition) is 0. The van der Waals surface area contributed by atoms with Crippen molar-refractivity contribution in [1.82, 2.24) is 4.98 Å². The highest BCUT2D eigenvalue weighted by molar-refractivity contribution is 5.77. The summed E-state index contributed by atoms with van der Waals surface area (Å²) in [7, 11) is 2.45. The first-order valence-corrected chi connectivity index (χ1v) is 8.73. The molecule has 0 aliphatic carbocycles. The van der Waals surface area contributed by atoms with Crippen molar-refractivity contribution in [3.8, 4) is 11.6 Å². The maximum Gasteiger partial charge on any atom is 0.515 e. The molecule has 0 aliphatic heterocycles. The summed E-state index contributed by atoms with van der Waals surface area (Å²) < 4.78 is 28.9. The van der Waals surface area contributed by atoms with E-state index >= 15 is 0 Å². The van der Waals surface area contributed by atoms with Crippen molar-refractivity contribution in [2.24, 2.45) is 10.8 Å². The van der Waals surface area contributed by atoms with Crippen LogP contribution in [0.1, 0.15) is 27.7 Å². The van der Waals surface area contributed by atoms with Crippen molar-refractivity contribution in [2.45, 2.75) is 27.7 Å². The first-order valence-electron chi connectivity index (χ1n) is 8.73. The van der Waals surface area contributed by atoms with Crippen LogP contribution in [0.4, 0.5) is 9.59 Å². The van der Waals surface area contributed by atoms with Crippen LogP contribution in [0.3, 0.4) is 0 Å². The largest absolute Gasteiger partial charge is 0.515 e. The maximum atomic E-state index is 11.8. The maximum absolute atomic E-state index is 11.8. The molecule has 0 unspecified atom stereocenters. The second-order valence-corrected chi connectivity index (χ2v) is 7.36. The third-order valence-electron chi connectivity index (χ3n) is 3.67. The van der Waals surface area contributed by atoms with E-state index in [2.05, 4.69) is 14.5 Å². The molecule has 0 saturated heterocycles. The van der Waals surface area contributed by atoms with Gasteiger partial charge in [-0.15, -0.1) is 0 Å². The van der Waals surface area contributed by atoms with Crippen LogP contribution >= 0.6 is 0 Å². The lowest BCUT2D eigenvalue weighted by atomic mass is 9.95. The van der Waals surface area contributed by atoms with Gasteiger partial charge < -0.3 is 28.4 Å². The number of methoxy groups -OCH3 is 2. The molecule has 0 fully saturated rings. The minimum absolute atomic E-state index is 0.0245. The molecule has 0 bridgehead atoms. The SMILES string of the molecule is COC(=O)C(C)(C)COC(=O)Oc1ccnc(OC(=O)OCC(C)(C)C(=O)OC)c1. The van der Waals surface area contributed by atoms with Crippen LogP contribution < -0.4 is 9.47 Å². The van der Waals surface area contributed by atoms with Gasteiger partial charge in [-0.2, -0.15) is 0 Å². The zero-order chi connectivity index (χ0) is 22.9. The Morgan fingerprint density at radius 3 is 1.77 bits per heavy atom. The fourth-order valence-electron chi connectivity index (χ4n) is 1.90. The number of nitrogens with zero attached hydrogens (tertiary/aromatic N) is 1. The molecule has 1 rings (SSSR count). The van der Waals surface area contributed by atoms with Gasteiger partial charge in [0.1, 0.15) is 19.0 Å². The van der Waals surface area contributed by atoms with E-state index in [4.69, 9.17) is 18.9 Å². The van der Waals surface area contributed by atoms with E-state index in [1.807, 2.05) is 0 Å². The number of rotatable bonds is 8. The first-order chi connectivity index (χ1) is 13.9. The molecule has 0 atom stereocenters. The lowest BCUT2D eigenvalue weighted by Gasteiger charge is -2.20. The average Bonchev–Trinajstić information content (AvgIpc) is 2.69. The van der Waals surface area contributed by atoms with Crippen LogP contribution in [-0.2, 0) is 28.5 Å². The van der Waals surface area contributed by atoms with Crippen molar-refractivity contribution in [3.05, 3.63) is 18.3 Å². The molecule has 30 heavy (non-hydrogen) atoms. The lowest BCUT2D eigenvalue weighted by molar-refractivity contribution is -0.153. The van der Waals surface area contributed by atoms with Gasteiger partial charge in [0.25, 0.3) is 0 Å². The van der Waals surface area contributed by atoms with Gasteiger partial charge in [0, 0.05) is 12.3 Å². The van der Waals surface area contributed by atoms with Crippen LogP contribution in [0.2, 0.25) is 0 Å². The molecule has 0 aliphatic rings. The molecule has 166 valence electrons. The number of esters is 2. The van der Waals surface area contributed by atoms with E-state index in [9.17, 15) is 19.2 Å². The standard InChI is InChI=1S/C19H25NO10/c1-18(2,14(21)25-5)10-27-16(23)29-12-7-8-20-13(9-12)30-17(24)28-11-19(3,4)15(22)26-6/h7-9H,10-11H2,1-6H3. The van der Waals surface area contributed by atoms with Crippen LogP contribution in [-0.4, -0.2) is 56.7 Å². The Kier molecular flexibility index (Phi) is 8.57. The molecule has 1 aromatic rings. The lowest BCUT2D eigenvalue weighted by Crippen LogP contribution is -2.32. The summed E-state index contributed by atoms with van der Waals surface area (Å²) in [6.45, 7) is 5.60. The van der Waals surface area contributed by atoms with E-state index < -0.39 is 35.1 Å². The summed E-state index contributed by atoms with van der Waals surface area (Å²) in [5.74, 6) is -1.35. The summed E-state index contributed by atoms with van der Waals surface area (Å²) in [6, 6.07) is 2.48. The monoisotopic (exact) mass is 427 g/mol. The molecular weight excluding hydrogens is 402 g/mol. The van der Waals surface area contributed by atoms with Gasteiger partial charge in [-0.05, 0) is 33.8 Å². The van der Waals surface area contributed by atoms with Gasteiger partial charge in [0.15, 0.2) is 0 Å². The van der Waals surface area contributed by atoms with E-state index in [1.165, 1.54) is 54.2 Å². The summed E-state index contributed by atoms with van der Waals surface area (Å²) in [5, 5.41) is 0. The molecule has 11 heteroatoms. The first kappa shape index (κ1) is 24.7. The molecule has 1 aromatic heterocycles. The quantitative estimate of drug-likeness (QED) is 0.447. The zero-order valence-electron chi connectivity index (χ0n) is 17.7. The van der Waals surface area contributed by atoms with Gasteiger partial charge in [-0.3, -0.25) is 9.59 Å². The van der Waals surface area contributed by atoms with Crippen molar-refractivity contribution >= 4 is 24.2 Å².